The molecule has 1 aliphatic rings. The Morgan fingerprint density at radius 1 is 1.40 bits per heavy atom. The van der Waals surface area contributed by atoms with E-state index in [2.05, 4.69) is 5.32 Å². The third-order valence-electron chi connectivity index (χ3n) is 3.88. The molecule has 1 aromatic rings. The van der Waals surface area contributed by atoms with Gasteiger partial charge in [-0.1, -0.05) is 12.1 Å². The van der Waals surface area contributed by atoms with Crippen LogP contribution in [-0.4, -0.2) is 35.4 Å². The van der Waals surface area contributed by atoms with Crippen molar-refractivity contribution in [2.75, 3.05) is 19.8 Å². The van der Waals surface area contributed by atoms with Gasteiger partial charge in [-0.05, 0) is 25.3 Å². The normalized spacial score (nSPS) is 19.5. The Bertz CT molecular complexity index is 455. The second kappa shape index (κ2) is 6.30. The molecule has 1 aliphatic heterocycles. The number of hydrogen-bond donors (Lipinski definition) is 2. The van der Waals surface area contributed by atoms with E-state index in [0.717, 1.165) is 18.4 Å². The van der Waals surface area contributed by atoms with Crippen LogP contribution in [0.3, 0.4) is 0 Å². The number of hydrogen-bond acceptors (Lipinski definition) is 5. The van der Waals surface area contributed by atoms with E-state index in [0.29, 0.717) is 13.2 Å². The number of rotatable bonds is 5. The number of benzene rings is 1. The Balaban J connectivity index is 2.06. The first-order valence-corrected chi connectivity index (χ1v) is 6.77. The molecule has 1 fully saturated rings. The summed E-state index contributed by atoms with van der Waals surface area (Å²) in [6.07, 6.45) is 1.53. The maximum atomic E-state index is 10.6. The lowest BCUT2D eigenvalue weighted by Crippen LogP contribution is -2.53. The van der Waals surface area contributed by atoms with Gasteiger partial charge >= 0.3 is 0 Å². The largest absolute Gasteiger partial charge is 0.394 e. The molecule has 0 bridgehead atoms. The fourth-order valence-electron chi connectivity index (χ4n) is 2.54. The van der Waals surface area contributed by atoms with Crippen LogP contribution in [0.2, 0.25) is 0 Å². The zero-order chi connectivity index (χ0) is 14.6. The Labute approximate surface area is 117 Å². The molecule has 2 N–H and O–H groups in total. The topological polar surface area (TPSA) is 84.6 Å². The molecule has 20 heavy (non-hydrogen) atoms. The van der Waals surface area contributed by atoms with E-state index in [4.69, 9.17) is 4.74 Å². The Morgan fingerprint density at radius 2 is 2.00 bits per heavy atom. The predicted octanol–water partition coefficient (Wildman–Crippen LogP) is 1.79. The average Bonchev–Trinajstić information content (AvgIpc) is 2.48. The van der Waals surface area contributed by atoms with Crippen molar-refractivity contribution in [3.63, 3.8) is 0 Å². The van der Waals surface area contributed by atoms with E-state index >= 15 is 0 Å². The number of nitro groups is 1. The maximum absolute atomic E-state index is 10.6. The smallest absolute Gasteiger partial charge is 0.269 e. The minimum absolute atomic E-state index is 0.0149. The highest BCUT2D eigenvalue weighted by atomic mass is 16.6. The van der Waals surface area contributed by atoms with E-state index in [-0.39, 0.29) is 23.9 Å². The maximum Gasteiger partial charge on any atom is 0.269 e. The summed E-state index contributed by atoms with van der Waals surface area (Å²) in [7, 11) is 0. The summed E-state index contributed by atoms with van der Waals surface area (Å²) in [4.78, 5) is 10.2. The molecule has 1 heterocycles. The van der Waals surface area contributed by atoms with Gasteiger partial charge < -0.3 is 15.2 Å². The van der Waals surface area contributed by atoms with E-state index in [9.17, 15) is 15.2 Å². The van der Waals surface area contributed by atoms with Gasteiger partial charge in [-0.3, -0.25) is 10.1 Å². The number of ether oxygens (including phenoxy) is 1. The lowest BCUT2D eigenvalue weighted by Gasteiger charge is -2.39. The predicted molar refractivity (Wildman–Crippen MR) is 74.5 cm³/mol. The zero-order valence-corrected chi connectivity index (χ0v) is 11.5. The van der Waals surface area contributed by atoms with Crippen molar-refractivity contribution in [1.82, 2.24) is 5.32 Å². The molecule has 1 aromatic carbocycles. The number of nitrogens with zero attached hydrogens (tertiary/aromatic N) is 1. The summed E-state index contributed by atoms with van der Waals surface area (Å²) < 4.78 is 5.33. The zero-order valence-electron chi connectivity index (χ0n) is 11.5. The number of non-ortho nitro benzene ring substituents is 1. The lowest BCUT2D eigenvalue weighted by molar-refractivity contribution is -0.384. The van der Waals surface area contributed by atoms with Crippen LogP contribution in [0.15, 0.2) is 24.3 Å². The minimum Gasteiger partial charge on any atom is -0.394 e. The monoisotopic (exact) mass is 280 g/mol. The highest BCUT2D eigenvalue weighted by Gasteiger charge is 2.33. The molecule has 110 valence electrons. The molecule has 6 nitrogen and oxygen atoms in total. The van der Waals surface area contributed by atoms with Gasteiger partial charge in [0.25, 0.3) is 5.69 Å². The van der Waals surface area contributed by atoms with Crippen LogP contribution < -0.4 is 5.32 Å². The first-order valence-electron chi connectivity index (χ1n) is 6.77. The van der Waals surface area contributed by atoms with Crippen LogP contribution in [0.5, 0.6) is 0 Å². The van der Waals surface area contributed by atoms with Gasteiger partial charge in [0.2, 0.25) is 0 Å². The summed E-state index contributed by atoms with van der Waals surface area (Å²) in [6, 6.07) is 6.52. The van der Waals surface area contributed by atoms with Crippen molar-refractivity contribution in [2.24, 2.45) is 0 Å². The fraction of sp³-hybridized carbons (Fsp3) is 0.571. The molecule has 2 rings (SSSR count). The summed E-state index contributed by atoms with van der Waals surface area (Å²) in [5.41, 5.74) is 0.734. The molecule has 0 amide bonds. The molecule has 1 atom stereocenters. The van der Waals surface area contributed by atoms with Crippen LogP contribution in [0.1, 0.15) is 31.4 Å². The van der Waals surface area contributed by atoms with Crippen LogP contribution >= 0.6 is 0 Å². The van der Waals surface area contributed by atoms with Gasteiger partial charge in [-0.2, -0.15) is 0 Å². The standard InChI is InChI=1S/C14H20N2O4/c1-11(12-2-4-13(5-3-12)16(18)19)15-14(10-17)6-8-20-9-7-14/h2-5,11,15,17H,6-10H2,1H3. The Kier molecular flexibility index (Phi) is 4.69. The van der Waals surface area contributed by atoms with Gasteiger partial charge in [-0.25, -0.2) is 0 Å². The summed E-state index contributed by atoms with van der Waals surface area (Å²) in [5, 5.41) is 23.7. The van der Waals surface area contributed by atoms with Crippen molar-refractivity contribution in [1.29, 1.82) is 0 Å². The molecular formula is C14H20N2O4. The van der Waals surface area contributed by atoms with Crippen molar-refractivity contribution < 1.29 is 14.8 Å². The van der Waals surface area contributed by atoms with Gasteiger partial charge in [0.05, 0.1) is 11.5 Å². The third-order valence-corrected chi connectivity index (χ3v) is 3.88. The molecule has 6 heteroatoms. The highest BCUT2D eigenvalue weighted by molar-refractivity contribution is 5.34. The van der Waals surface area contributed by atoms with Crippen molar-refractivity contribution in [3.8, 4) is 0 Å². The van der Waals surface area contributed by atoms with Crippen molar-refractivity contribution in [3.05, 3.63) is 39.9 Å². The fourth-order valence-corrected chi connectivity index (χ4v) is 2.54. The van der Waals surface area contributed by atoms with Gasteiger partial charge in [0.15, 0.2) is 0 Å². The van der Waals surface area contributed by atoms with E-state index in [1.54, 1.807) is 12.1 Å². The number of aliphatic hydroxyl groups is 1. The second-order valence-corrected chi connectivity index (χ2v) is 5.27. The van der Waals surface area contributed by atoms with E-state index < -0.39 is 4.92 Å². The third kappa shape index (κ3) is 3.33. The van der Waals surface area contributed by atoms with Crippen LogP contribution in [0.4, 0.5) is 5.69 Å². The number of aliphatic hydroxyl groups excluding tert-OH is 1. The van der Waals surface area contributed by atoms with E-state index in [1.807, 2.05) is 6.92 Å². The molecule has 1 saturated heterocycles. The average molecular weight is 280 g/mol. The Hall–Kier alpha value is -1.50. The minimum atomic E-state index is -0.407. The molecule has 0 aliphatic carbocycles. The SMILES string of the molecule is CC(NC1(CO)CCOCC1)c1ccc([N+](=O)[O-])cc1. The molecule has 1 unspecified atom stereocenters. The summed E-state index contributed by atoms with van der Waals surface area (Å²) in [6.45, 7) is 3.34. The first-order chi connectivity index (χ1) is 9.56. The molecule has 0 spiro atoms. The molecule has 0 aromatic heterocycles. The van der Waals surface area contributed by atoms with Gasteiger partial charge in [0.1, 0.15) is 0 Å². The van der Waals surface area contributed by atoms with Crippen molar-refractivity contribution in [2.45, 2.75) is 31.3 Å². The van der Waals surface area contributed by atoms with Crippen LogP contribution in [0, 0.1) is 10.1 Å². The Morgan fingerprint density at radius 3 is 2.50 bits per heavy atom. The van der Waals surface area contributed by atoms with E-state index in [1.165, 1.54) is 12.1 Å². The first kappa shape index (κ1) is 14.9. The number of nitrogens with one attached hydrogen (secondary N) is 1. The lowest BCUT2D eigenvalue weighted by atomic mass is 9.89. The molecular weight excluding hydrogens is 260 g/mol. The molecule has 0 saturated carbocycles. The van der Waals surface area contributed by atoms with Crippen LogP contribution in [-0.2, 0) is 4.74 Å². The number of nitro benzene ring substituents is 1. The summed E-state index contributed by atoms with van der Waals surface area (Å²) >= 11 is 0. The van der Waals surface area contributed by atoms with Crippen LogP contribution in [0.25, 0.3) is 0 Å². The quantitative estimate of drug-likeness (QED) is 0.634. The highest BCUT2D eigenvalue weighted by Crippen LogP contribution is 2.25. The van der Waals surface area contributed by atoms with Gasteiger partial charge in [0, 0.05) is 36.9 Å². The van der Waals surface area contributed by atoms with Gasteiger partial charge in [-0.15, -0.1) is 0 Å². The van der Waals surface area contributed by atoms with Crippen molar-refractivity contribution >= 4 is 5.69 Å². The summed E-state index contributed by atoms with van der Waals surface area (Å²) in [5.74, 6) is 0. The molecule has 0 radical (unpaired) electrons. The second-order valence-electron chi connectivity index (χ2n) is 5.27.